The summed E-state index contributed by atoms with van der Waals surface area (Å²) >= 11 is 0. The summed E-state index contributed by atoms with van der Waals surface area (Å²) in [6.07, 6.45) is 0.481. The summed E-state index contributed by atoms with van der Waals surface area (Å²) in [7, 11) is 0. The van der Waals surface area contributed by atoms with E-state index in [-0.39, 0.29) is 5.54 Å². The topological polar surface area (TPSA) is 23.5 Å². The molecule has 0 saturated carbocycles. The molecule has 0 aliphatic rings. The van der Waals surface area contributed by atoms with E-state index in [0.29, 0.717) is 12.0 Å². The maximum atomic E-state index is 13.2. The Hall–Kier alpha value is -1.00. The quantitative estimate of drug-likeness (QED) is 0.830. The fraction of sp³-hybridized carbons (Fsp3) is 0.625. The Morgan fingerprint density at radius 3 is 2.20 bits per heavy atom. The average Bonchev–Trinajstić information content (AvgIpc) is 2.43. The Bertz CT molecular complexity index is 434. The van der Waals surface area contributed by atoms with Gasteiger partial charge in [0.15, 0.2) is 11.6 Å². The van der Waals surface area contributed by atoms with Gasteiger partial charge in [-0.15, -0.1) is 0 Å². The lowest BCUT2D eigenvalue weighted by atomic mass is 9.85. The van der Waals surface area contributed by atoms with Gasteiger partial charge in [0.1, 0.15) is 0 Å². The zero-order valence-corrected chi connectivity index (χ0v) is 12.8. The molecule has 0 bridgehead atoms. The fourth-order valence-corrected chi connectivity index (χ4v) is 2.73. The Morgan fingerprint density at radius 1 is 1.15 bits per heavy atom. The van der Waals surface area contributed by atoms with Crippen molar-refractivity contribution in [2.24, 2.45) is 0 Å². The zero-order chi connectivity index (χ0) is 15.3. The van der Waals surface area contributed by atoms with E-state index in [1.807, 2.05) is 13.8 Å². The Kier molecular flexibility index (Phi) is 6.08. The first kappa shape index (κ1) is 17.1. The lowest BCUT2D eigenvalue weighted by Crippen LogP contribution is -2.54. The Morgan fingerprint density at radius 2 is 1.75 bits per heavy atom. The van der Waals surface area contributed by atoms with E-state index in [0.717, 1.165) is 31.6 Å². The van der Waals surface area contributed by atoms with E-state index in [4.69, 9.17) is 0 Å². The number of hydrogen-bond acceptors (Lipinski definition) is 2. The van der Waals surface area contributed by atoms with Crippen molar-refractivity contribution < 1.29 is 13.9 Å². The van der Waals surface area contributed by atoms with E-state index in [1.165, 1.54) is 6.07 Å². The molecule has 1 N–H and O–H groups in total. The molecule has 0 spiro atoms. The molecule has 0 heterocycles. The summed E-state index contributed by atoms with van der Waals surface area (Å²) < 4.78 is 26.2. The smallest absolute Gasteiger partial charge is 0.159 e. The second kappa shape index (κ2) is 7.14. The lowest BCUT2D eigenvalue weighted by molar-refractivity contribution is -0.0190. The molecule has 0 saturated heterocycles. The molecule has 2 nitrogen and oxygen atoms in total. The van der Waals surface area contributed by atoms with Crippen molar-refractivity contribution in [1.82, 2.24) is 4.90 Å². The number of likely N-dealkylation sites (N-methyl/N-ethyl adjacent to an activating group) is 1. The van der Waals surface area contributed by atoms with Crippen LogP contribution in [0.5, 0.6) is 0 Å². The van der Waals surface area contributed by atoms with Crippen molar-refractivity contribution in [3.8, 4) is 0 Å². The lowest BCUT2D eigenvalue weighted by Gasteiger charge is -2.43. The molecule has 0 aliphatic heterocycles. The number of benzene rings is 1. The summed E-state index contributed by atoms with van der Waals surface area (Å²) in [5, 5.41) is 10.6. The highest BCUT2D eigenvalue weighted by atomic mass is 19.2. The zero-order valence-electron chi connectivity index (χ0n) is 12.8. The minimum atomic E-state index is -0.865. The summed E-state index contributed by atoms with van der Waals surface area (Å²) in [4.78, 5) is 2.21. The van der Waals surface area contributed by atoms with Crippen LogP contribution >= 0.6 is 0 Å². The first-order chi connectivity index (χ1) is 9.38. The molecule has 4 heteroatoms. The second-order valence-corrected chi connectivity index (χ2v) is 5.35. The van der Waals surface area contributed by atoms with Gasteiger partial charge in [0, 0.05) is 12.0 Å². The van der Waals surface area contributed by atoms with E-state index in [9.17, 15) is 13.9 Å². The predicted molar refractivity (Wildman–Crippen MR) is 77.7 cm³/mol. The number of aliphatic hydroxyl groups is 1. The third-order valence-electron chi connectivity index (χ3n) is 4.33. The minimum absolute atomic E-state index is 0.317. The number of hydrogen-bond donors (Lipinski definition) is 1. The van der Waals surface area contributed by atoms with Crippen molar-refractivity contribution in [2.75, 3.05) is 13.1 Å². The largest absolute Gasteiger partial charge is 0.391 e. The van der Waals surface area contributed by atoms with Gasteiger partial charge in [-0.2, -0.15) is 0 Å². The molecule has 2 atom stereocenters. The van der Waals surface area contributed by atoms with Crippen molar-refractivity contribution >= 4 is 0 Å². The molecule has 1 rings (SSSR count). The second-order valence-electron chi connectivity index (χ2n) is 5.35. The van der Waals surface area contributed by atoms with Crippen LogP contribution in [0.3, 0.4) is 0 Å². The SMILES string of the molecule is CCN(CC)C(C)(CC)C(O)Cc1ccc(F)c(F)c1. The molecule has 1 aromatic carbocycles. The van der Waals surface area contributed by atoms with E-state index < -0.39 is 17.7 Å². The highest BCUT2D eigenvalue weighted by Gasteiger charge is 2.35. The summed E-state index contributed by atoms with van der Waals surface area (Å²) in [6.45, 7) is 9.85. The first-order valence-corrected chi connectivity index (χ1v) is 7.26. The van der Waals surface area contributed by atoms with Gasteiger partial charge in [-0.3, -0.25) is 4.90 Å². The van der Waals surface area contributed by atoms with Gasteiger partial charge >= 0.3 is 0 Å². The third-order valence-corrected chi connectivity index (χ3v) is 4.33. The summed E-state index contributed by atoms with van der Waals surface area (Å²) in [5.41, 5.74) is 0.247. The van der Waals surface area contributed by atoms with E-state index in [1.54, 1.807) is 0 Å². The predicted octanol–water partition coefficient (Wildman–Crippen LogP) is 3.38. The highest BCUT2D eigenvalue weighted by Crippen LogP contribution is 2.26. The van der Waals surface area contributed by atoms with Crippen LogP contribution in [0.1, 0.15) is 39.7 Å². The van der Waals surface area contributed by atoms with Crippen molar-refractivity contribution in [3.63, 3.8) is 0 Å². The highest BCUT2D eigenvalue weighted by molar-refractivity contribution is 5.19. The van der Waals surface area contributed by atoms with Crippen LogP contribution in [-0.4, -0.2) is 34.7 Å². The Balaban J connectivity index is 2.91. The molecule has 20 heavy (non-hydrogen) atoms. The molecule has 0 aromatic heterocycles. The molecular formula is C16H25F2NO. The van der Waals surface area contributed by atoms with Crippen LogP contribution in [-0.2, 0) is 6.42 Å². The molecule has 0 radical (unpaired) electrons. The fourth-order valence-electron chi connectivity index (χ4n) is 2.73. The van der Waals surface area contributed by atoms with Gasteiger partial charge in [-0.25, -0.2) is 8.78 Å². The van der Waals surface area contributed by atoms with Gasteiger partial charge in [0.25, 0.3) is 0 Å². The number of aliphatic hydroxyl groups excluding tert-OH is 1. The maximum Gasteiger partial charge on any atom is 0.159 e. The van der Waals surface area contributed by atoms with Crippen LogP contribution in [0, 0.1) is 11.6 Å². The van der Waals surface area contributed by atoms with E-state index in [2.05, 4.69) is 18.7 Å². The van der Waals surface area contributed by atoms with Crippen LogP contribution in [0.15, 0.2) is 18.2 Å². The van der Waals surface area contributed by atoms with Crippen molar-refractivity contribution in [2.45, 2.75) is 52.2 Å². The van der Waals surface area contributed by atoms with Crippen LogP contribution in [0.25, 0.3) is 0 Å². The monoisotopic (exact) mass is 285 g/mol. The van der Waals surface area contributed by atoms with Crippen LogP contribution in [0.2, 0.25) is 0 Å². The Labute approximate surface area is 120 Å². The van der Waals surface area contributed by atoms with Crippen molar-refractivity contribution in [3.05, 3.63) is 35.4 Å². The van der Waals surface area contributed by atoms with Crippen molar-refractivity contribution in [1.29, 1.82) is 0 Å². The normalized spacial score (nSPS) is 16.2. The molecule has 114 valence electrons. The molecule has 0 aliphatic carbocycles. The summed E-state index contributed by atoms with van der Waals surface area (Å²) in [5.74, 6) is -1.72. The van der Waals surface area contributed by atoms with Gasteiger partial charge < -0.3 is 5.11 Å². The van der Waals surface area contributed by atoms with Gasteiger partial charge in [0.2, 0.25) is 0 Å². The van der Waals surface area contributed by atoms with Gasteiger partial charge in [0.05, 0.1) is 6.10 Å². The molecule has 2 unspecified atom stereocenters. The van der Waals surface area contributed by atoms with E-state index >= 15 is 0 Å². The minimum Gasteiger partial charge on any atom is -0.391 e. The molecule has 0 amide bonds. The number of rotatable bonds is 7. The molecular weight excluding hydrogens is 260 g/mol. The van der Waals surface area contributed by atoms with Crippen LogP contribution < -0.4 is 0 Å². The summed E-state index contributed by atoms with van der Waals surface area (Å²) in [6, 6.07) is 3.80. The number of halogens is 2. The van der Waals surface area contributed by atoms with Gasteiger partial charge in [-0.05, 0) is 44.1 Å². The third kappa shape index (κ3) is 3.55. The van der Waals surface area contributed by atoms with Crippen LogP contribution in [0.4, 0.5) is 8.78 Å². The molecule has 0 fully saturated rings. The number of nitrogens with zero attached hydrogens (tertiary/aromatic N) is 1. The average molecular weight is 285 g/mol. The first-order valence-electron chi connectivity index (χ1n) is 7.26. The maximum absolute atomic E-state index is 13.2. The van der Waals surface area contributed by atoms with Gasteiger partial charge in [-0.1, -0.05) is 26.8 Å². The standard InChI is InChI=1S/C16H25F2NO/c1-5-16(4,19(6-2)7-3)15(20)11-12-8-9-13(17)14(18)10-12/h8-10,15,20H,5-7,11H2,1-4H3. The molecule has 1 aromatic rings.